The van der Waals surface area contributed by atoms with Crippen LogP contribution >= 0.6 is 11.8 Å². The molecule has 0 atom stereocenters. The standard InChI is InChI=1S/C15H21NO2S/c17-15(13-3-4-13)16-7-5-12(6-8-16)10-19-11-14-2-1-9-18-14/h1-2,9,12-13H,3-8,10-11H2. The van der Waals surface area contributed by atoms with Crippen LogP contribution in [-0.2, 0) is 10.5 Å². The summed E-state index contributed by atoms with van der Waals surface area (Å²) >= 11 is 1.95. The molecule has 4 heteroatoms. The van der Waals surface area contributed by atoms with Gasteiger partial charge in [-0.15, -0.1) is 0 Å². The lowest BCUT2D eigenvalue weighted by Crippen LogP contribution is -2.39. The second-order valence-corrected chi connectivity index (χ2v) is 6.67. The molecule has 3 rings (SSSR count). The highest BCUT2D eigenvalue weighted by atomic mass is 32.2. The van der Waals surface area contributed by atoms with E-state index >= 15 is 0 Å². The van der Waals surface area contributed by atoms with Crippen molar-refractivity contribution in [1.82, 2.24) is 4.90 Å². The van der Waals surface area contributed by atoms with Crippen molar-refractivity contribution in [1.29, 1.82) is 0 Å². The zero-order chi connectivity index (χ0) is 13.1. The molecule has 2 aliphatic rings. The van der Waals surface area contributed by atoms with Gasteiger partial charge in [0.2, 0.25) is 5.91 Å². The molecule has 0 unspecified atom stereocenters. The van der Waals surface area contributed by atoms with Crippen molar-refractivity contribution in [2.45, 2.75) is 31.4 Å². The predicted octanol–water partition coefficient (Wildman–Crippen LogP) is 3.16. The average molecular weight is 279 g/mol. The van der Waals surface area contributed by atoms with Crippen LogP contribution in [0.3, 0.4) is 0 Å². The van der Waals surface area contributed by atoms with Gasteiger partial charge in [-0.2, -0.15) is 11.8 Å². The molecular formula is C15H21NO2S. The number of hydrogen-bond donors (Lipinski definition) is 0. The minimum atomic E-state index is 0.380. The summed E-state index contributed by atoms with van der Waals surface area (Å²) in [7, 11) is 0. The number of carbonyl (C=O) groups is 1. The maximum Gasteiger partial charge on any atom is 0.225 e. The van der Waals surface area contributed by atoms with Crippen LogP contribution in [0.2, 0.25) is 0 Å². The number of hydrogen-bond acceptors (Lipinski definition) is 3. The van der Waals surface area contributed by atoms with Gasteiger partial charge in [-0.05, 0) is 49.5 Å². The highest BCUT2D eigenvalue weighted by Gasteiger charge is 2.34. The lowest BCUT2D eigenvalue weighted by atomic mass is 9.98. The Kier molecular flexibility index (Phi) is 4.16. The lowest BCUT2D eigenvalue weighted by molar-refractivity contribution is -0.133. The number of nitrogens with zero attached hydrogens (tertiary/aromatic N) is 1. The van der Waals surface area contributed by atoms with Gasteiger partial charge in [0.15, 0.2) is 0 Å². The molecule has 1 aromatic heterocycles. The van der Waals surface area contributed by atoms with Gasteiger partial charge >= 0.3 is 0 Å². The van der Waals surface area contributed by atoms with Crippen LogP contribution in [0, 0.1) is 11.8 Å². The van der Waals surface area contributed by atoms with Crippen LogP contribution in [0.5, 0.6) is 0 Å². The molecule has 0 spiro atoms. The zero-order valence-electron chi connectivity index (χ0n) is 11.2. The summed E-state index contributed by atoms with van der Waals surface area (Å²) in [6.45, 7) is 1.95. The minimum Gasteiger partial charge on any atom is -0.468 e. The summed E-state index contributed by atoms with van der Waals surface area (Å²) in [5.41, 5.74) is 0. The molecule has 0 radical (unpaired) electrons. The van der Waals surface area contributed by atoms with Crippen molar-refractivity contribution < 1.29 is 9.21 Å². The third-order valence-electron chi connectivity index (χ3n) is 4.03. The van der Waals surface area contributed by atoms with Crippen LogP contribution in [0.1, 0.15) is 31.4 Å². The first kappa shape index (κ1) is 13.1. The monoisotopic (exact) mass is 279 g/mol. The van der Waals surface area contributed by atoms with Crippen molar-refractivity contribution in [2.75, 3.05) is 18.8 Å². The lowest BCUT2D eigenvalue weighted by Gasteiger charge is -2.32. The third kappa shape index (κ3) is 3.56. The highest BCUT2D eigenvalue weighted by Crippen LogP contribution is 2.33. The first-order valence-electron chi connectivity index (χ1n) is 7.22. The Hall–Kier alpha value is -0.900. The molecule has 0 aromatic carbocycles. The Balaban J connectivity index is 1.34. The van der Waals surface area contributed by atoms with Crippen LogP contribution < -0.4 is 0 Å². The van der Waals surface area contributed by atoms with Crippen molar-refractivity contribution in [2.24, 2.45) is 11.8 Å². The third-order valence-corrected chi connectivity index (χ3v) is 5.23. The molecule has 2 heterocycles. The molecule has 3 nitrogen and oxygen atoms in total. The highest BCUT2D eigenvalue weighted by molar-refractivity contribution is 7.98. The molecular weight excluding hydrogens is 258 g/mol. The largest absolute Gasteiger partial charge is 0.468 e. The number of carbonyl (C=O) groups excluding carboxylic acids is 1. The average Bonchev–Trinajstić information content (AvgIpc) is 3.17. The topological polar surface area (TPSA) is 33.5 Å². The van der Waals surface area contributed by atoms with E-state index in [0.717, 1.165) is 43.4 Å². The molecule has 1 saturated heterocycles. The molecule has 1 aliphatic carbocycles. The Morgan fingerprint density at radius 2 is 2.11 bits per heavy atom. The number of rotatable bonds is 5. The van der Waals surface area contributed by atoms with E-state index in [1.165, 1.54) is 18.6 Å². The van der Waals surface area contributed by atoms with E-state index in [9.17, 15) is 4.79 Å². The molecule has 1 aromatic rings. The second kappa shape index (κ2) is 6.04. The smallest absolute Gasteiger partial charge is 0.225 e. The van der Waals surface area contributed by atoms with Crippen molar-refractivity contribution in [3.63, 3.8) is 0 Å². The number of amides is 1. The van der Waals surface area contributed by atoms with Gasteiger partial charge in [0, 0.05) is 19.0 Å². The molecule has 1 amide bonds. The molecule has 1 saturated carbocycles. The summed E-state index contributed by atoms with van der Waals surface area (Å²) in [6.07, 6.45) is 6.32. The molecule has 2 fully saturated rings. The maximum absolute atomic E-state index is 11.9. The van der Waals surface area contributed by atoms with Crippen LogP contribution in [0.4, 0.5) is 0 Å². The van der Waals surface area contributed by atoms with E-state index in [4.69, 9.17) is 4.42 Å². The fourth-order valence-electron chi connectivity index (χ4n) is 2.63. The van der Waals surface area contributed by atoms with E-state index in [2.05, 4.69) is 4.90 Å². The SMILES string of the molecule is O=C(C1CC1)N1CCC(CSCc2ccco2)CC1. The predicted molar refractivity (Wildman–Crippen MR) is 76.9 cm³/mol. The first-order valence-corrected chi connectivity index (χ1v) is 8.37. The first-order chi connectivity index (χ1) is 9.33. The number of thioether (sulfide) groups is 1. The van der Waals surface area contributed by atoms with Crippen LogP contribution in [0.15, 0.2) is 22.8 Å². The number of likely N-dealkylation sites (tertiary alicyclic amines) is 1. The van der Waals surface area contributed by atoms with Gasteiger partial charge in [0.25, 0.3) is 0 Å². The molecule has 104 valence electrons. The number of furan rings is 1. The summed E-state index contributed by atoms with van der Waals surface area (Å²) < 4.78 is 5.33. The van der Waals surface area contributed by atoms with Crippen LogP contribution in [-0.4, -0.2) is 29.6 Å². The summed E-state index contributed by atoms with van der Waals surface area (Å²) in [5.74, 6) is 4.78. The summed E-state index contributed by atoms with van der Waals surface area (Å²) in [5, 5.41) is 0. The quantitative estimate of drug-likeness (QED) is 0.830. The van der Waals surface area contributed by atoms with E-state index in [1.54, 1.807) is 6.26 Å². The van der Waals surface area contributed by atoms with E-state index in [0.29, 0.717) is 11.8 Å². The molecule has 0 bridgehead atoms. The minimum absolute atomic E-state index is 0.380. The number of piperidine rings is 1. The van der Waals surface area contributed by atoms with E-state index in [1.807, 2.05) is 23.9 Å². The van der Waals surface area contributed by atoms with Gasteiger partial charge in [-0.1, -0.05) is 0 Å². The van der Waals surface area contributed by atoms with E-state index < -0.39 is 0 Å². The van der Waals surface area contributed by atoms with Crippen molar-refractivity contribution in [3.05, 3.63) is 24.2 Å². The Bertz CT molecular complexity index is 406. The van der Waals surface area contributed by atoms with Crippen molar-refractivity contribution >= 4 is 17.7 Å². The van der Waals surface area contributed by atoms with Gasteiger partial charge in [-0.25, -0.2) is 0 Å². The summed E-state index contributed by atoms with van der Waals surface area (Å²) in [6, 6.07) is 3.97. The van der Waals surface area contributed by atoms with Crippen LogP contribution in [0.25, 0.3) is 0 Å². The second-order valence-electron chi connectivity index (χ2n) is 5.64. The molecule has 1 aliphatic heterocycles. The normalized spacial score (nSPS) is 20.7. The molecule has 0 N–H and O–H groups in total. The summed E-state index contributed by atoms with van der Waals surface area (Å²) in [4.78, 5) is 14.0. The Morgan fingerprint density at radius 3 is 2.74 bits per heavy atom. The van der Waals surface area contributed by atoms with Gasteiger partial charge in [-0.3, -0.25) is 4.79 Å². The Morgan fingerprint density at radius 1 is 1.32 bits per heavy atom. The van der Waals surface area contributed by atoms with Crippen molar-refractivity contribution in [3.8, 4) is 0 Å². The zero-order valence-corrected chi connectivity index (χ0v) is 12.0. The van der Waals surface area contributed by atoms with E-state index in [-0.39, 0.29) is 0 Å². The maximum atomic E-state index is 11.9. The van der Waals surface area contributed by atoms with Gasteiger partial charge < -0.3 is 9.32 Å². The Labute approximate surface area is 118 Å². The van der Waals surface area contributed by atoms with Gasteiger partial charge in [0.1, 0.15) is 5.76 Å². The fourth-order valence-corrected chi connectivity index (χ4v) is 3.78. The fraction of sp³-hybridized carbons (Fsp3) is 0.667. The molecule has 19 heavy (non-hydrogen) atoms. The van der Waals surface area contributed by atoms with Gasteiger partial charge in [0.05, 0.1) is 12.0 Å².